The number of halogens is 1. The van der Waals surface area contributed by atoms with Crippen LogP contribution in [-0.4, -0.2) is 24.3 Å². The predicted octanol–water partition coefficient (Wildman–Crippen LogP) is 0.809. The Labute approximate surface area is 118 Å². The standard InChI is InChI=1S/C12H11ClN6O/c1-18-11-7(4-16-18)12(20)19(6-15-11)5-9-8(13)2-3-10(14)17-9/h2-4,6H,5H2,1H3,(H2,14,17). The number of fused-ring (bicyclic) bond motifs is 1. The zero-order chi connectivity index (χ0) is 14.3. The molecule has 0 bridgehead atoms. The minimum atomic E-state index is -0.191. The first kappa shape index (κ1) is 12.6. The molecule has 8 heteroatoms. The molecule has 0 aliphatic heterocycles. The first-order valence-electron chi connectivity index (χ1n) is 5.84. The normalized spacial score (nSPS) is 11.1. The highest BCUT2D eigenvalue weighted by Crippen LogP contribution is 2.16. The summed E-state index contributed by atoms with van der Waals surface area (Å²) in [4.78, 5) is 20.7. The van der Waals surface area contributed by atoms with E-state index in [9.17, 15) is 4.79 Å². The van der Waals surface area contributed by atoms with E-state index in [1.54, 1.807) is 23.9 Å². The topological polar surface area (TPSA) is 91.6 Å². The van der Waals surface area contributed by atoms with Crippen LogP contribution in [0, 0.1) is 0 Å². The maximum absolute atomic E-state index is 12.3. The molecule has 0 aromatic carbocycles. The lowest BCUT2D eigenvalue weighted by atomic mass is 10.3. The van der Waals surface area contributed by atoms with Crippen molar-refractivity contribution in [3.8, 4) is 0 Å². The number of aryl methyl sites for hydroxylation is 1. The van der Waals surface area contributed by atoms with E-state index in [0.717, 1.165) is 0 Å². The number of hydrogen-bond acceptors (Lipinski definition) is 5. The molecule has 0 aliphatic rings. The Morgan fingerprint density at radius 1 is 1.40 bits per heavy atom. The number of nitrogen functional groups attached to an aromatic ring is 1. The molecular formula is C12H11ClN6O. The van der Waals surface area contributed by atoms with Crippen molar-refractivity contribution in [2.75, 3.05) is 5.73 Å². The maximum Gasteiger partial charge on any atom is 0.264 e. The van der Waals surface area contributed by atoms with E-state index in [-0.39, 0.29) is 12.1 Å². The molecule has 0 fully saturated rings. The minimum Gasteiger partial charge on any atom is -0.384 e. The summed E-state index contributed by atoms with van der Waals surface area (Å²) >= 11 is 6.05. The Morgan fingerprint density at radius 2 is 2.20 bits per heavy atom. The predicted molar refractivity (Wildman–Crippen MR) is 75.5 cm³/mol. The van der Waals surface area contributed by atoms with Gasteiger partial charge in [0.1, 0.15) is 17.5 Å². The molecule has 0 amide bonds. The van der Waals surface area contributed by atoms with Gasteiger partial charge in [0.05, 0.1) is 23.5 Å². The average molecular weight is 291 g/mol. The number of anilines is 1. The van der Waals surface area contributed by atoms with Crippen LogP contribution in [0.25, 0.3) is 11.0 Å². The molecule has 0 saturated heterocycles. The van der Waals surface area contributed by atoms with E-state index in [4.69, 9.17) is 17.3 Å². The van der Waals surface area contributed by atoms with Gasteiger partial charge < -0.3 is 5.73 Å². The summed E-state index contributed by atoms with van der Waals surface area (Å²) in [7, 11) is 1.73. The van der Waals surface area contributed by atoms with Gasteiger partial charge in [0.2, 0.25) is 0 Å². The Hall–Kier alpha value is -2.41. The molecule has 0 saturated carbocycles. The summed E-state index contributed by atoms with van der Waals surface area (Å²) in [6, 6.07) is 3.26. The highest BCUT2D eigenvalue weighted by atomic mass is 35.5. The minimum absolute atomic E-state index is 0.191. The Morgan fingerprint density at radius 3 is 3.00 bits per heavy atom. The Bertz CT molecular complexity index is 853. The molecule has 3 aromatic rings. The second-order valence-electron chi connectivity index (χ2n) is 4.35. The lowest BCUT2D eigenvalue weighted by molar-refractivity contribution is 0.723. The fourth-order valence-corrected chi connectivity index (χ4v) is 2.12. The van der Waals surface area contributed by atoms with Crippen LogP contribution in [0.1, 0.15) is 5.69 Å². The quantitative estimate of drug-likeness (QED) is 0.754. The summed E-state index contributed by atoms with van der Waals surface area (Å²) in [5.41, 5.74) is 6.50. The number of pyridine rings is 1. The van der Waals surface area contributed by atoms with E-state index in [2.05, 4.69) is 15.1 Å². The van der Waals surface area contributed by atoms with Gasteiger partial charge in [-0.1, -0.05) is 11.6 Å². The fraction of sp³-hybridized carbons (Fsp3) is 0.167. The van der Waals surface area contributed by atoms with E-state index in [0.29, 0.717) is 27.6 Å². The highest BCUT2D eigenvalue weighted by Gasteiger charge is 2.10. The van der Waals surface area contributed by atoms with E-state index in [1.807, 2.05) is 0 Å². The number of nitrogens with zero attached hydrogens (tertiary/aromatic N) is 5. The summed E-state index contributed by atoms with van der Waals surface area (Å²) in [6.07, 6.45) is 2.95. The first-order valence-corrected chi connectivity index (χ1v) is 6.22. The highest BCUT2D eigenvalue weighted by molar-refractivity contribution is 6.31. The van der Waals surface area contributed by atoms with Crippen LogP contribution >= 0.6 is 11.6 Å². The van der Waals surface area contributed by atoms with Crippen molar-refractivity contribution in [2.45, 2.75) is 6.54 Å². The van der Waals surface area contributed by atoms with Gasteiger partial charge in [-0.15, -0.1) is 0 Å². The number of rotatable bonds is 2. The summed E-state index contributed by atoms with van der Waals surface area (Å²) in [6.45, 7) is 0.209. The third-order valence-electron chi connectivity index (χ3n) is 2.98. The van der Waals surface area contributed by atoms with Gasteiger partial charge in [-0.25, -0.2) is 9.97 Å². The van der Waals surface area contributed by atoms with Crippen molar-refractivity contribution in [3.05, 3.63) is 45.7 Å². The van der Waals surface area contributed by atoms with E-state index < -0.39 is 0 Å². The van der Waals surface area contributed by atoms with Gasteiger partial charge in [-0.2, -0.15) is 5.10 Å². The van der Waals surface area contributed by atoms with Crippen LogP contribution in [0.3, 0.4) is 0 Å². The number of nitrogens with two attached hydrogens (primary N) is 1. The monoisotopic (exact) mass is 290 g/mol. The lowest BCUT2D eigenvalue weighted by Crippen LogP contribution is -2.21. The Balaban J connectivity index is 2.09. The molecular weight excluding hydrogens is 280 g/mol. The summed E-state index contributed by atoms with van der Waals surface area (Å²) < 4.78 is 2.98. The molecule has 3 rings (SSSR count). The second-order valence-corrected chi connectivity index (χ2v) is 4.75. The lowest BCUT2D eigenvalue weighted by Gasteiger charge is -2.07. The first-order chi connectivity index (χ1) is 9.56. The fourth-order valence-electron chi connectivity index (χ4n) is 1.95. The van der Waals surface area contributed by atoms with Crippen molar-refractivity contribution in [3.63, 3.8) is 0 Å². The van der Waals surface area contributed by atoms with Gasteiger partial charge >= 0.3 is 0 Å². The third kappa shape index (κ3) is 2.01. The van der Waals surface area contributed by atoms with E-state index in [1.165, 1.54) is 17.1 Å². The van der Waals surface area contributed by atoms with Crippen LogP contribution in [-0.2, 0) is 13.6 Å². The number of aromatic nitrogens is 5. The third-order valence-corrected chi connectivity index (χ3v) is 3.32. The Kier molecular flexibility index (Phi) is 2.90. The molecule has 3 heterocycles. The van der Waals surface area contributed by atoms with Crippen molar-refractivity contribution in [1.82, 2.24) is 24.3 Å². The van der Waals surface area contributed by atoms with Gasteiger partial charge in [-0.3, -0.25) is 14.0 Å². The van der Waals surface area contributed by atoms with E-state index >= 15 is 0 Å². The molecule has 2 N–H and O–H groups in total. The molecule has 0 unspecified atom stereocenters. The smallest absolute Gasteiger partial charge is 0.264 e. The summed E-state index contributed by atoms with van der Waals surface area (Å²) in [5, 5.41) is 4.93. The molecule has 0 atom stereocenters. The molecule has 102 valence electrons. The van der Waals surface area contributed by atoms with Gasteiger partial charge in [0.15, 0.2) is 5.65 Å². The van der Waals surface area contributed by atoms with Gasteiger partial charge in [0, 0.05) is 7.05 Å². The molecule has 0 aliphatic carbocycles. The van der Waals surface area contributed by atoms with Crippen molar-refractivity contribution in [1.29, 1.82) is 0 Å². The van der Waals surface area contributed by atoms with Crippen LogP contribution in [0.2, 0.25) is 5.02 Å². The average Bonchev–Trinajstić information content (AvgIpc) is 2.79. The zero-order valence-electron chi connectivity index (χ0n) is 10.6. The molecule has 0 spiro atoms. The van der Waals surface area contributed by atoms with Crippen LogP contribution in [0.15, 0.2) is 29.5 Å². The van der Waals surface area contributed by atoms with Crippen LogP contribution in [0.4, 0.5) is 5.82 Å². The largest absolute Gasteiger partial charge is 0.384 e. The van der Waals surface area contributed by atoms with Crippen molar-refractivity contribution < 1.29 is 0 Å². The molecule has 20 heavy (non-hydrogen) atoms. The zero-order valence-corrected chi connectivity index (χ0v) is 11.4. The second kappa shape index (κ2) is 4.61. The summed E-state index contributed by atoms with van der Waals surface area (Å²) in [5.74, 6) is 0.355. The van der Waals surface area contributed by atoms with Gasteiger partial charge in [-0.05, 0) is 12.1 Å². The van der Waals surface area contributed by atoms with Crippen LogP contribution in [0.5, 0.6) is 0 Å². The van der Waals surface area contributed by atoms with Crippen LogP contribution < -0.4 is 11.3 Å². The maximum atomic E-state index is 12.3. The molecule has 3 aromatic heterocycles. The van der Waals surface area contributed by atoms with Gasteiger partial charge in [0.25, 0.3) is 5.56 Å². The number of hydrogen-bond donors (Lipinski definition) is 1. The van der Waals surface area contributed by atoms with Crippen molar-refractivity contribution >= 4 is 28.5 Å². The molecule has 7 nitrogen and oxygen atoms in total. The van der Waals surface area contributed by atoms with Crippen molar-refractivity contribution in [2.24, 2.45) is 7.05 Å². The molecule has 0 radical (unpaired) electrons. The SMILES string of the molecule is Cn1ncc2c(=O)n(Cc3nc(N)ccc3Cl)cnc21.